The zero-order valence-electron chi connectivity index (χ0n) is 17.5. The summed E-state index contributed by atoms with van der Waals surface area (Å²) in [5, 5.41) is 2.24. The Morgan fingerprint density at radius 2 is 1.75 bits per heavy atom. The summed E-state index contributed by atoms with van der Waals surface area (Å²) < 4.78 is 60.2. The van der Waals surface area contributed by atoms with E-state index in [2.05, 4.69) is 5.32 Å². The Morgan fingerprint density at radius 3 is 2.41 bits per heavy atom. The molecule has 0 fully saturated rings. The first-order valence-electron chi connectivity index (χ1n) is 9.64. The summed E-state index contributed by atoms with van der Waals surface area (Å²) in [4.78, 5) is 12.6. The van der Waals surface area contributed by atoms with Gasteiger partial charge in [-0.1, -0.05) is 30.3 Å². The van der Waals surface area contributed by atoms with Crippen molar-refractivity contribution in [2.24, 2.45) is 0 Å². The van der Waals surface area contributed by atoms with Gasteiger partial charge in [-0.25, -0.2) is 17.2 Å². The molecule has 0 bridgehead atoms. The number of rotatable bonds is 8. The minimum Gasteiger partial charge on any atom is -0.496 e. The van der Waals surface area contributed by atoms with Crippen LogP contribution in [-0.4, -0.2) is 32.3 Å². The number of carbonyl (C=O) groups is 1. The molecule has 0 aromatic heterocycles. The third-order valence-electron chi connectivity index (χ3n) is 4.73. The van der Waals surface area contributed by atoms with Gasteiger partial charge in [0.25, 0.3) is 0 Å². The highest BCUT2D eigenvalue weighted by molar-refractivity contribution is 7.89. The SMILES string of the molecule is COc1ccc(S(=O)(=O)N(CC(=O)Nc2cc(F)ccc2F)Cc2ccccc2)cc1C. The Balaban J connectivity index is 1.91. The second-order valence-electron chi connectivity index (χ2n) is 7.06. The minimum absolute atomic E-state index is 0.0172. The molecule has 168 valence electrons. The number of anilines is 1. The highest BCUT2D eigenvalue weighted by Gasteiger charge is 2.28. The first-order valence-corrected chi connectivity index (χ1v) is 11.1. The molecule has 1 amide bonds. The number of nitrogens with one attached hydrogen (secondary N) is 1. The number of aryl methyl sites for hydroxylation is 1. The lowest BCUT2D eigenvalue weighted by Crippen LogP contribution is -2.37. The van der Waals surface area contributed by atoms with Crippen molar-refractivity contribution in [2.45, 2.75) is 18.4 Å². The molecule has 3 rings (SSSR count). The van der Waals surface area contributed by atoms with Gasteiger partial charge in [0, 0.05) is 12.6 Å². The first kappa shape index (κ1) is 23.4. The molecule has 9 heteroatoms. The summed E-state index contributed by atoms with van der Waals surface area (Å²) in [5.41, 5.74) is 0.901. The first-order chi connectivity index (χ1) is 15.2. The maximum atomic E-state index is 13.9. The van der Waals surface area contributed by atoms with E-state index < -0.39 is 34.1 Å². The van der Waals surface area contributed by atoms with Crippen LogP contribution in [-0.2, 0) is 21.4 Å². The van der Waals surface area contributed by atoms with Crippen LogP contribution < -0.4 is 10.1 Å². The molecule has 3 aromatic rings. The molecular formula is C23H22F2N2O4S. The fourth-order valence-corrected chi connectivity index (χ4v) is 4.59. The summed E-state index contributed by atoms with van der Waals surface area (Å²) in [5.74, 6) is -1.84. The lowest BCUT2D eigenvalue weighted by atomic mass is 10.2. The summed E-state index contributed by atoms with van der Waals surface area (Å²) in [6.07, 6.45) is 0. The zero-order valence-corrected chi connectivity index (χ0v) is 18.3. The third kappa shape index (κ3) is 5.49. The Kier molecular flexibility index (Phi) is 7.22. The van der Waals surface area contributed by atoms with Crippen LogP contribution in [0.15, 0.2) is 71.6 Å². The molecule has 32 heavy (non-hydrogen) atoms. The molecule has 0 aliphatic carbocycles. The predicted molar refractivity (Wildman–Crippen MR) is 117 cm³/mol. The number of halogens is 2. The molecule has 6 nitrogen and oxygen atoms in total. The topological polar surface area (TPSA) is 75.7 Å². The van der Waals surface area contributed by atoms with Crippen LogP contribution in [0.4, 0.5) is 14.5 Å². The number of hydrogen-bond donors (Lipinski definition) is 1. The number of hydrogen-bond acceptors (Lipinski definition) is 4. The Morgan fingerprint density at radius 1 is 1.03 bits per heavy atom. The van der Waals surface area contributed by atoms with Crippen LogP contribution in [0.25, 0.3) is 0 Å². The van der Waals surface area contributed by atoms with Gasteiger partial charge in [0.15, 0.2) is 0 Å². The fraction of sp³-hybridized carbons (Fsp3) is 0.174. The van der Waals surface area contributed by atoms with Crippen molar-refractivity contribution in [3.8, 4) is 5.75 Å². The number of sulfonamides is 1. The van der Waals surface area contributed by atoms with Gasteiger partial charge in [-0.15, -0.1) is 0 Å². The van der Waals surface area contributed by atoms with Crippen LogP contribution in [0, 0.1) is 18.6 Å². The number of nitrogens with zero attached hydrogens (tertiary/aromatic N) is 1. The molecule has 0 saturated heterocycles. The number of methoxy groups -OCH3 is 1. The molecule has 0 radical (unpaired) electrons. The Hall–Kier alpha value is -3.30. The molecule has 1 N–H and O–H groups in total. The lowest BCUT2D eigenvalue weighted by molar-refractivity contribution is -0.116. The van der Waals surface area contributed by atoms with E-state index in [4.69, 9.17) is 4.74 Å². The van der Waals surface area contributed by atoms with Crippen molar-refractivity contribution in [3.63, 3.8) is 0 Å². The van der Waals surface area contributed by atoms with Gasteiger partial charge in [-0.2, -0.15) is 4.31 Å². The van der Waals surface area contributed by atoms with Gasteiger partial charge >= 0.3 is 0 Å². The summed E-state index contributed by atoms with van der Waals surface area (Å²) in [6.45, 7) is 1.02. The third-order valence-corrected chi connectivity index (χ3v) is 6.52. The zero-order chi connectivity index (χ0) is 23.3. The van der Waals surface area contributed by atoms with E-state index >= 15 is 0 Å². The van der Waals surface area contributed by atoms with Crippen LogP contribution in [0.3, 0.4) is 0 Å². The van der Waals surface area contributed by atoms with Gasteiger partial charge in [-0.3, -0.25) is 4.79 Å². The van der Waals surface area contributed by atoms with Crippen molar-refractivity contribution in [2.75, 3.05) is 19.0 Å². The number of amides is 1. The monoisotopic (exact) mass is 460 g/mol. The van der Waals surface area contributed by atoms with Gasteiger partial charge in [0.05, 0.1) is 24.2 Å². The van der Waals surface area contributed by atoms with E-state index in [1.165, 1.54) is 25.3 Å². The van der Waals surface area contributed by atoms with Crippen LogP contribution in [0.5, 0.6) is 5.75 Å². The average Bonchev–Trinajstić information content (AvgIpc) is 2.76. The van der Waals surface area contributed by atoms with E-state index in [9.17, 15) is 22.0 Å². The van der Waals surface area contributed by atoms with E-state index in [-0.39, 0.29) is 17.1 Å². The second kappa shape index (κ2) is 9.88. The van der Waals surface area contributed by atoms with Gasteiger partial charge in [0.2, 0.25) is 15.9 Å². The van der Waals surface area contributed by atoms with Crippen LogP contribution >= 0.6 is 0 Å². The Labute approximate surface area is 185 Å². The van der Waals surface area contributed by atoms with E-state index in [1.807, 2.05) is 0 Å². The van der Waals surface area contributed by atoms with Crippen molar-refractivity contribution in [1.29, 1.82) is 0 Å². The largest absolute Gasteiger partial charge is 0.496 e. The lowest BCUT2D eigenvalue weighted by Gasteiger charge is -2.22. The molecule has 3 aromatic carbocycles. The maximum Gasteiger partial charge on any atom is 0.243 e. The molecule has 0 saturated carbocycles. The van der Waals surface area contributed by atoms with E-state index in [0.717, 1.165) is 22.5 Å². The molecule has 0 aliphatic rings. The van der Waals surface area contributed by atoms with Crippen molar-refractivity contribution in [3.05, 3.63) is 89.5 Å². The second-order valence-corrected chi connectivity index (χ2v) is 9.00. The quantitative estimate of drug-likeness (QED) is 0.549. The average molecular weight is 461 g/mol. The van der Waals surface area contributed by atoms with Crippen LogP contribution in [0.1, 0.15) is 11.1 Å². The highest BCUT2D eigenvalue weighted by atomic mass is 32.2. The Bertz CT molecular complexity index is 1220. The summed E-state index contributed by atoms with van der Waals surface area (Å²) in [7, 11) is -2.62. The molecule has 0 atom stereocenters. The smallest absolute Gasteiger partial charge is 0.243 e. The maximum absolute atomic E-state index is 13.9. The summed E-state index contributed by atoms with van der Waals surface area (Å²) in [6, 6.07) is 15.7. The number of benzene rings is 3. The standard InChI is InChI=1S/C23H22F2N2O4S/c1-16-12-19(9-11-22(16)31-2)32(29,30)27(14-17-6-4-3-5-7-17)15-23(28)26-21-13-18(24)8-10-20(21)25/h3-13H,14-15H2,1-2H3,(H,26,28). The molecule has 0 unspecified atom stereocenters. The van der Waals surface area contributed by atoms with E-state index in [0.29, 0.717) is 16.9 Å². The van der Waals surface area contributed by atoms with Gasteiger partial charge in [0.1, 0.15) is 17.4 Å². The predicted octanol–water partition coefficient (Wildman–Crippen LogP) is 4.11. The molecular weight excluding hydrogens is 438 g/mol. The van der Waals surface area contributed by atoms with Gasteiger partial charge < -0.3 is 10.1 Å². The minimum atomic E-state index is -4.10. The van der Waals surface area contributed by atoms with E-state index in [1.54, 1.807) is 37.3 Å². The molecule has 0 heterocycles. The number of ether oxygens (including phenoxy) is 1. The van der Waals surface area contributed by atoms with Crippen molar-refractivity contribution in [1.82, 2.24) is 4.31 Å². The summed E-state index contributed by atoms with van der Waals surface area (Å²) >= 11 is 0. The fourth-order valence-electron chi connectivity index (χ4n) is 3.12. The normalized spacial score (nSPS) is 11.4. The van der Waals surface area contributed by atoms with Crippen molar-refractivity contribution >= 4 is 21.6 Å². The van der Waals surface area contributed by atoms with Crippen LogP contribution in [0.2, 0.25) is 0 Å². The highest BCUT2D eigenvalue weighted by Crippen LogP contribution is 2.25. The van der Waals surface area contributed by atoms with Gasteiger partial charge in [-0.05, 0) is 48.4 Å². The molecule has 0 aliphatic heterocycles. The molecule has 0 spiro atoms. The number of carbonyl (C=O) groups excluding carboxylic acids is 1. The van der Waals surface area contributed by atoms with Crippen molar-refractivity contribution < 1.29 is 26.7 Å².